The van der Waals surface area contributed by atoms with Crippen LogP contribution in [0.4, 0.5) is 0 Å². The molecule has 0 aliphatic heterocycles. The van der Waals surface area contributed by atoms with Gasteiger partial charge in [-0.25, -0.2) is 0 Å². The summed E-state index contributed by atoms with van der Waals surface area (Å²) in [5.74, 6) is 0.443. The van der Waals surface area contributed by atoms with Crippen LogP contribution in [0.25, 0.3) is 0 Å². The maximum absolute atomic E-state index is 12.1. The lowest BCUT2D eigenvalue weighted by molar-refractivity contribution is -0.141. The van der Waals surface area contributed by atoms with Gasteiger partial charge >= 0.3 is 5.97 Å². The van der Waals surface area contributed by atoms with Gasteiger partial charge in [-0.2, -0.15) is 9.97 Å². The molecule has 21 heavy (non-hydrogen) atoms. The average Bonchev–Trinajstić information content (AvgIpc) is 2.51. The third-order valence-corrected chi connectivity index (χ3v) is 3.86. The van der Waals surface area contributed by atoms with E-state index in [0.29, 0.717) is 23.5 Å². The van der Waals surface area contributed by atoms with Crippen molar-refractivity contribution in [1.82, 2.24) is 9.97 Å². The number of esters is 1. The van der Waals surface area contributed by atoms with Crippen molar-refractivity contribution >= 4 is 17.7 Å². The Morgan fingerprint density at radius 1 is 1.33 bits per heavy atom. The van der Waals surface area contributed by atoms with Gasteiger partial charge in [0.25, 0.3) is 0 Å². The Balaban J connectivity index is 3.05. The summed E-state index contributed by atoms with van der Waals surface area (Å²) >= 11 is 1.20. The molecule has 0 aromatic carbocycles. The molecule has 0 bridgehead atoms. The highest BCUT2D eigenvalue weighted by atomic mass is 32.2. The normalized spacial score (nSPS) is 12.7. The van der Waals surface area contributed by atoms with Gasteiger partial charge in [0.2, 0.25) is 11.8 Å². The number of rotatable bonds is 7. The topological polar surface area (TPSA) is 70.5 Å². The lowest BCUT2D eigenvalue weighted by Crippen LogP contribution is -2.22. The fourth-order valence-electron chi connectivity index (χ4n) is 1.45. The van der Waals surface area contributed by atoms with Crippen molar-refractivity contribution in [2.24, 2.45) is 0 Å². The smallest absolute Gasteiger partial charge is 0.323 e. The number of carbonyl (C=O) groups excluding carboxylic acids is 1. The van der Waals surface area contributed by atoms with Crippen LogP contribution in [0, 0.1) is 0 Å². The van der Waals surface area contributed by atoms with Crippen molar-refractivity contribution in [3.63, 3.8) is 0 Å². The number of carbonyl (C=O) groups is 1. The summed E-state index contributed by atoms with van der Waals surface area (Å²) in [5.41, 5.74) is 0.879. The Kier molecular flexibility index (Phi) is 7.01. The first-order valence-electron chi connectivity index (χ1n) is 6.48. The fraction of sp³-hybridized carbons (Fsp3) is 0.500. The van der Waals surface area contributed by atoms with Crippen LogP contribution in [0.15, 0.2) is 22.9 Å². The van der Waals surface area contributed by atoms with E-state index >= 15 is 0 Å². The molecular weight excluding hydrogens is 292 g/mol. The summed E-state index contributed by atoms with van der Waals surface area (Å²) in [6.45, 7) is 5.84. The van der Waals surface area contributed by atoms with Crippen LogP contribution in [0.2, 0.25) is 0 Å². The van der Waals surface area contributed by atoms with Crippen molar-refractivity contribution in [2.75, 3.05) is 20.8 Å². The van der Waals surface area contributed by atoms with E-state index in [1.54, 1.807) is 13.0 Å². The van der Waals surface area contributed by atoms with Crippen molar-refractivity contribution in [3.05, 3.63) is 17.7 Å². The summed E-state index contributed by atoms with van der Waals surface area (Å²) in [5, 5.41) is -0.0998. The zero-order valence-corrected chi connectivity index (χ0v) is 13.7. The van der Waals surface area contributed by atoms with Crippen LogP contribution in [-0.4, -0.2) is 42.0 Å². The molecule has 0 N–H and O–H groups in total. The molecule has 6 nitrogen and oxygen atoms in total. The highest BCUT2D eigenvalue weighted by molar-refractivity contribution is 8.00. The molecule has 1 aromatic rings. The van der Waals surface area contributed by atoms with Gasteiger partial charge in [0.15, 0.2) is 5.16 Å². The van der Waals surface area contributed by atoms with Gasteiger partial charge in [-0.05, 0) is 20.8 Å². The highest BCUT2D eigenvalue weighted by Gasteiger charge is 2.24. The van der Waals surface area contributed by atoms with Gasteiger partial charge in [-0.1, -0.05) is 23.4 Å². The highest BCUT2D eigenvalue weighted by Crippen LogP contribution is 2.29. The predicted molar refractivity (Wildman–Crippen MR) is 80.8 cm³/mol. The first kappa shape index (κ1) is 17.3. The molecule has 1 heterocycles. The first-order chi connectivity index (χ1) is 10.0. The largest absolute Gasteiger partial charge is 0.481 e. The predicted octanol–water partition coefficient (Wildman–Crippen LogP) is 2.48. The molecule has 0 fully saturated rings. The molecule has 0 saturated carbocycles. The minimum absolute atomic E-state index is 0.316. The van der Waals surface area contributed by atoms with Crippen LogP contribution in [-0.2, 0) is 9.53 Å². The zero-order chi connectivity index (χ0) is 15.8. The first-order valence-corrected chi connectivity index (χ1v) is 7.36. The third-order valence-electron chi connectivity index (χ3n) is 2.67. The number of aromatic nitrogens is 2. The number of ether oxygens (including phenoxy) is 3. The summed E-state index contributed by atoms with van der Waals surface area (Å²) in [7, 11) is 3.02. The van der Waals surface area contributed by atoms with Gasteiger partial charge in [0.1, 0.15) is 5.25 Å². The maximum Gasteiger partial charge on any atom is 0.323 e. The molecule has 0 amide bonds. The Hall–Kier alpha value is -1.76. The Morgan fingerprint density at radius 3 is 2.33 bits per heavy atom. The Bertz CT molecular complexity index is 497. The minimum Gasteiger partial charge on any atom is -0.481 e. The molecular formula is C14H20N2O4S. The number of hydrogen-bond donors (Lipinski definition) is 0. The summed E-state index contributed by atoms with van der Waals surface area (Å²) in [6.07, 6.45) is 1.87. The second kappa shape index (κ2) is 8.51. The molecule has 0 spiro atoms. The van der Waals surface area contributed by atoms with Crippen LogP contribution in [0.5, 0.6) is 11.8 Å². The maximum atomic E-state index is 12.1. The van der Waals surface area contributed by atoms with Gasteiger partial charge in [-0.3, -0.25) is 4.79 Å². The van der Waals surface area contributed by atoms with E-state index in [-0.39, 0.29) is 5.97 Å². The lowest BCUT2D eigenvalue weighted by Gasteiger charge is -2.15. The van der Waals surface area contributed by atoms with Gasteiger partial charge in [-0.15, -0.1) is 0 Å². The SMILES string of the molecule is CC=C(C)C(Sc1nc(OC)cc(OC)n1)C(=O)OCC. The van der Waals surface area contributed by atoms with E-state index in [1.807, 2.05) is 19.9 Å². The van der Waals surface area contributed by atoms with Crippen LogP contribution in [0.3, 0.4) is 0 Å². The molecule has 116 valence electrons. The zero-order valence-electron chi connectivity index (χ0n) is 12.9. The van der Waals surface area contributed by atoms with Crippen molar-refractivity contribution in [2.45, 2.75) is 31.2 Å². The average molecular weight is 312 g/mol. The van der Waals surface area contributed by atoms with Crippen LogP contribution in [0.1, 0.15) is 20.8 Å². The number of allylic oxidation sites excluding steroid dienone is 1. The monoisotopic (exact) mass is 312 g/mol. The number of nitrogens with zero attached hydrogens (tertiary/aromatic N) is 2. The molecule has 1 unspecified atom stereocenters. The second-order valence-electron chi connectivity index (χ2n) is 4.02. The molecule has 7 heteroatoms. The molecule has 0 saturated heterocycles. The standard InChI is InChI=1S/C14H20N2O4S/c1-6-9(3)12(13(17)20-7-2)21-14-15-10(18-4)8-11(16-14)19-5/h6,8,12H,7H2,1-5H3. The van der Waals surface area contributed by atoms with Gasteiger partial charge < -0.3 is 14.2 Å². The Labute approximate surface area is 128 Å². The van der Waals surface area contributed by atoms with Gasteiger partial charge in [0.05, 0.1) is 26.9 Å². The van der Waals surface area contributed by atoms with Crippen molar-refractivity contribution < 1.29 is 19.0 Å². The second-order valence-corrected chi connectivity index (χ2v) is 5.09. The quantitative estimate of drug-likeness (QED) is 0.331. The number of thioether (sulfide) groups is 1. The third kappa shape index (κ3) is 4.93. The number of methoxy groups -OCH3 is 2. The van der Waals surface area contributed by atoms with Crippen LogP contribution < -0.4 is 9.47 Å². The van der Waals surface area contributed by atoms with E-state index in [9.17, 15) is 4.79 Å². The van der Waals surface area contributed by atoms with E-state index < -0.39 is 5.25 Å². The molecule has 0 aliphatic carbocycles. The molecule has 0 aliphatic rings. The van der Waals surface area contributed by atoms with Crippen LogP contribution >= 0.6 is 11.8 Å². The number of hydrogen-bond acceptors (Lipinski definition) is 7. The van der Waals surface area contributed by atoms with E-state index in [1.165, 1.54) is 26.0 Å². The molecule has 1 aromatic heterocycles. The molecule has 0 radical (unpaired) electrons. The Morgan fingerprint density at radius 2 is 1.90 bits per heavy atom. The summed E-state index contributed by atoms with van der Waals surface area (Å²) < 4.78 is 15.3. The van der Waals surface area contributed by atoms with Gasteiger partial charge in [0, 0.05) is 0 Å². The summed E-state index contributed by atoms with van der Waals surface area (Å²) in [6, 6.07) is 1.58. The van der Waals surface area contributed by atoms with Crippen molar-refractivity contribution in [3.8, 4) is 11.8 Å². The lowest BCUT2D eigenvalue weighted by atomic mass is 10.2. The molecule has 1 atom stereocenters. The summed E-state index contributed by atoms with van der Waals surface area (Å²) in [4.78, 5) is 20.5. The minimum atomic E-state index is -0.494. The van der Waals surface area contributed by atoms with E-state index in [2.05, 4.69) is 9.97 Å². The van der Waals surface area contributed by atoms with Crippen molar-refractivity contribution in [1.29, 1.82) is 0 Å². The van der Waals surface area contributed by atoms with E-state index in [4.69, 9.17) is 14.2 Å². The van der Waals surface area contributed by atoms with E-state index in [0.717, 1.165) is 5.57 Å². The fourth-order valence-corrected chi connectivity index (χ4v) is 2.43. The molecule has 1 rings (SSSR count).